The summed E-state index contributed by atoms with van der Waals surface area (Å²) in [6.45, 7) is -0.609. The quantitative estimate of drug-likeness (QED) is 0.263. The third-order valence-corrected chi connectivity index (χ3v) is 6.39. The van der Waals surface area contributed by atoms with Crippen molar-refractivity contribution >= 4 is 0 Å². The Morgan fingerprint density at radius 3 is 1.88 bits per heavy atom. The molecular formula is C23H28O11. The first-order valence-electron chi connectivity index (χ1n) is 10.8. The van der Waals surface area contributed by atoms with Crippen LogP contribution in [0.25, 0.3) is 0 Å². The van der Waals surface area contributed by atoms with Crippen LogP contribution in [-0.2, 0) is 19.8 Å². The van der Waals surface area contributed by atoms with Crippen LogP contribution >= 0.6 is 0 Å². The van der Waals surface area contributed by atoms with Crippen molar-refractivity contribution in [3.8, 4) is 23.0 Å². The second kappa shape index (κ2) is 9.55. The van der Waals surface area contributed by atoms with Crippen LogP contribution in [0.5, 0.6) is 23.0 Å². The van der Waals surface area contributed by atoms with Gasteiger partial charge in [-0.15, -0.1) is 0 Å². The molecule has 11 nitrogen and oxygen atoms in total. The van der Waals surface area contributed by atoms with Gasteiger partial charge in [0.1, 0.15) is 30.0 Å². The lowest BCUT2D eigenvalue weighted by atomic mass is 9.79. The molecule has 2 heterocycles. The molecule has 0 aromatic heterocycles. The summed E-state index contributed by atoms with van der Waals surface area (Å²) in [7, 11) is 0. The largest absolute Gasteiger partial charge is 0.504 e. The van der Waals surface area contributed by atoms with Crippen LogP contribution in [0.4, 0.5) is 0 Å². The van der Waals surface area contributed by atoms with Gasteiger partial charge in [-0.1, -0.05) is 12.1 Å². The van der Waals surface area contributed by atoms with E-state index in [0.717, 1.165) is 0 Å². The maximum Gasteiger partial charge on any atom is 0.187 e. The van der Waals surface area contributed by atoms with Crippen LogP contribution < -0.4 is 0 Å². The Labute approximate surface area is 194 Å². The molecule has 2 fully saturated rings. The Balaban J connectivity index is 1.57. The average Bonchev–Trinajstić information content (AvgIpc) is 2.83. The minimum Gasteiger partial charge on any atom is -0.504 e. The summed E-state index contributed by atoms with van der Waals surface area (Å²) < 4.78 is 17.4. The number of phenolic OH excluding ortho intramolecular Hbond substituents is 4. The van der Waals surface area contributed by atoms with E-state index < -0.39 is 49.0 Å². The van der Waals surface area contributed by atoms with Gasteiger partial charge in [0, 0.05) is 0 Å². The Bertz CT molecular complexity index is 949. The molecule has 186 valence electrons. The van der Waals surface area contributed by atoms with Crippen molar-refractivity contribution in [2.75, 3.05) is 13.2 Å². The summed E-state index contributed by atoms with van der Waals surface area (Å²) in [5.41, 5.74) is -0.204. The number of ether oxygens (including phenoxy) is 3. The molecule has 0 spiro atoms. The van der Waals surface area contributed by atoms with Gasteiger partial charge in [0.2, 0.25) is 0 Å². The molecule has 0 saturated carbocycles. The molecule has 6 atom stereocenters. The number of aliphatic hydroxyl groups excluding tert-OH is 4. The van der Waals surface area contributed by atoms with Crippen molar-refractivity contribution in [1.82, 2.24) is 0 Å². The molecule has 4 rings (SSSR count). The molecule has 0 radical (unpaired) electrons. The van der Waals surface area contributed by atoms with E-state index in [1.54, 1.807) is 12.1 Å². The number of rotatable bonds is 5. The van der Waals surface area contributed by atoms with Gasteiger partial charge >= 0.3 is 0 Å². The first kappa shape index (κ1) is 24.5. The second-order valence-corrected chi connectivity index (χ2v) is 8.54. The third-order valence-electron chi connectivity index (χ3n) is 6.39. The van der Waals surface area contributed by atoms with Crippen molar-refractivity contribution in [3.05, 3.63) is 47.5 Å². The molecule has 0 amide bonds. The van der Waals surface area contributed by atoms with Crippen molar-refractivity contribution in [3.63, 3.8) is 0 Å². The van der Waals surface area contributed by atoms with E-state index in [9.17, 15) is 40.9 Å². The lowest BCUT2D eigenvalue weighted by Gasteiger charge is -2.44. The zero-order chi connectivity index (χ0) is 24.6. The SMILES string of the molecule is OC[C@H]1O[C@@H](O[C@@H]2CCC(c3ccc(O)c(O)c3)(c3ccc(O)c(O)c3)OC2)[C@H](O)[C@@H](O)[C@@H]1O. The number of aromatic hydroxyl groups is 4. The summed E-state index contributed by atoms with van der Waals surface area (Å²) in [4.78, 5) is 0. The van der Waals surface area contributed by atoms with E-state index in [1.165, 1.54) is 24.3 Å². The molecule has 0 aliphatic carbocycles. The van der Waals surface area contributed by atoms with Crippen LogP contribution in [-0.4, -0.2) is 90.9 Å². The number of benzene rings is 2. The third kappa shape index (κ3) is 4.39. The lowest BCUT2D eigenvalue weighted by molar-refractivity contribution is -0.319. The fourth-order valence-corrected chi connectivity index (χ4v) is 4.40. The maximum absolute atomic E-state index is 10.2. The standard InChI is InChI=1S/C23H28O11/c24-9-18-19(29)20(30)21(31)22(34-18)33-13-5-6-23(32-10-13,11-1-3-14(25)16(27)7-11)12-2-4-15(26)17(28)8-12/h1-4,7-8,13,18-22,24-31H,5-6,9-10H2/t13-,18-,19-,20+,21-,22-/m1/s1. The predicted molar refractivity (Wildman–Crippen MR) is 114 cm³/mol. The van der Waals surface area contributed by atoms with Crippen molar-refractivity contribution in [2.24, 2.45) is 0 Å². The molecule has 2 aliphatic rings. The highest BCUT2D eigenvalue weighted by atomic mass is 16.7. The van der Waals surface area contributed by atoms with E-state index >= 15 is 0 Å². The van der Waals surface area contributed by atoms with E-state index in [2.05, 4.69) is 0 Å². The molecule has 0 bridgehead atoms. The maximum atomic E-state index is 10.2. The Kier molecular flexibility index (Phi) is 6.87. The normalized spacial score (nSPS) is 31.3. The van der Waals surface area contributed by atoms with Gasteiger partial charge in [0.15, 0.2) is 29.3 Å². The van der Waals surface area contributed by atoms with Crippen LogP contribution in [0.1, 0.15) is 24.0 Å². The smallest absolute Gasteiger partial charge is 0.187 e. The highest BCUT2D eigenvalue weighted by Gasteiger charge is 2.47. The number of hydrogen-bond donors (Lipinski definition) is 8. The van der Waals surface area contributed by atoms with Crippen molar-refractivity contribution < 1.29 is 55.1 Å². The molecule has 8 N–H and O–H groups in total. The molecule has 2 aromatic carbocycles. The first-order chi connectivity index (χ1) is 16.2. The first-order valence-corrected chi connectivity index (χ1v) is 10.8. The zero-order valence-corrected chi connectivity index (χ0v) is 18.1. The van der Waals surface area contributed by atoms with Crippen LogP contribution in [0.2, 0.25) is 0 Å². The van der Waals surface area contributed by atoms with Gasteiger partial charge in [-0.2, -0.15) is 0 Å². The van der Waals surface area contributed by atoms with Crippen molar-refractivity contribution in [2.45, 2.75) is 55.3 Å². The Morgan fingerprint density at radius 2 is 1.41 bits per heavy atom. The number of hydrogen-bond acceptors (Lipinski definition) is 11. The predicted octanol–water partition coefficient (Wildman–Crippen LogP) is -0.252. The van der Waals surface area contributed by atoms with Crippen molar-refractivity contribution in [1.29, 1.82) is 0 Å². The van der Waals surface area contributed by atoms with Gasteiger partial charge < -0.3 is 55.1 Å². The highest BCUT2D eigenvalue weighted by Crippen LogP contribution is 2.46. The van der Waals surface area contributed by atoms with Crippen LogP contribution in [0, 0.1) is 0 Å². The monoisotopic (exact) mass is 480 g/mol. The summed E-state index contributed by atoms with van der Waals surface area (Å²) in [6, 6.07) is 8.45. The van der Waals surface area contributed by atoms with Gasteiger partial charge in [-0.25, -0.2) is 0 Å². The molecule has 34 heavy (non-hydrogen) atoms. The molecule has 0 unspecified atom stereocenters. The minimum absolute atomic E-state index is 0.0295. The van der Waals surface area contributed by atoms with Gasteiger partial charge in [0.25, 0.3) is 0 Å². The zero-order valence-electron chi connectivity index (χ0n) is 18.1. The van der Waals surface area contributed by atoms with Crippen LogP contribution in [0.15, 0.2) is 36.4 Å². The molecule has 2 saturated heterocycles. The summed E-state index contributed by atoms with van der Waals surface area (Å²) in [5, 5.41) is 79.1. The van der Waals surface area contributed by atoms with Gasteiger partial charge in [0.05, 0.1) is 19.3 Å². The van der Waals surface area contributed by atoms with Crippen LogP contribution in [0.3, 0.4) is 0 Å². The van der Waals surface area contributed by atoms with E-state index in [4.69, 9.17) is 14.2 Å². The fraction of sp³-hybridized carbons (Fsp3) is 0.478. The number of aliphatic hydroxyl groups is 4. The summed E-state index contributed by atoms with van der Waals surface area (Å²) in [6.07, 6.45) is -7.03. The van der Waals surface area contributed by atoms with Gasteiger partial charge in [-0.3, -0.25) is 0 Å². The van der Waals surface area contributed by atoms with E-state index in [-0.39, 0.29) is 36.0 Å². The van der Waals surface area contributed by atoms with E-state index in [0.29, 0.717) is 17.5 Å². The molecule has 2 aliphatic heterocycles. The highest BCUT2D eigenvalue weighted by molar-refractivity contribution is 5.49. The minimum atomic E-state index is -1.57. The van der Waals surface area contributed by atoms with Gasteiger partial charge in [-0.05, 0) is 48.2 Å². The molecule has 2 aromatic rings. The topological polar surface area (TPSA) is 190 Å². The summed E-state index contributed by atoms with van der Waals surface area (Å²) >= 11 is 0. The molecule has 11 heteroatoms. The Hall–Kier alpha value is -2.64. The number of phenols is 4. The fourth-order valence-electron chi connectivity index (χ4n) is 4.40. The second-order valence-electron chi connectivity index (χ2n) is 8.54. The average molecular weight is 480 g/mol. The Morgan fingerprint density at radius 1 is 0.824 bits per heavy atom. The molecular weight excluding hydrogens is 452 g/mol. The lowest BCUT2D eigenvalue weighted by Crippen LogP contribution is -2.60. The summed E-state index contributed by atoms with van der Waals surface area (Å²) in [5.74, 6) is -1.34. The van der Waals surface area contributed by atoms with E-state index in [1.807, 2.05) is 0 Å².